The first-order valence-electron chi connectivity index (χ1n) is 10.8. The standard InChI is InChI=1S/C21H29F3N6O/c1-12(2)16-9-18(21(22,23)24)30-19(26-16)10-17(27-30)14-5-7-29(8-6-14)20(31)15-11-25-28(4)13(15)3/h10-12,14,16,18,26H,5-9H2,1-4H3/t16-,18+/m0/s1. The number of halogens is 3. The first-order valence-corrected chi connectivity index (χ1v) is 10.8. The number of fused-ring (bicyclic) bond motifs is 1. The topological polar surface area (TPSA) is 68.0 Å². The summed E-state index contributed by atoms with van der Waals surface area (Å²) in [5, 5.41) is 11.8. The molecular weight excluding hydrogens is 409 g/mol. The lowest BCUT2D eigenvalue weighted by atomic mass is 9.93. The molecule has 0 saturated carbocycles. The Hall–Kier alpha value is -2.52. The van der Waals surface area contributed by atoms with Crippen LogP contribution >= 0.6 is 0 Å². The molecule has 7 nitrogen and oxygen atoms in total. The number of hydrogen-bond acceptors (Lipinski definition) is 4. The number of nitrogens with zero attached hydrogens (tertiary/aromatic N) is 5. The number of aromatic nitrogens is 4. The summed E-state index contributed by atoms with van der Waals surface area (Å²) in [6, 6.07) is -0.0910. The summed E-state index contributed by atoms with van der Waals surface area (Å²) in [6.07, 6.45) is -1.43. The van der Waals surface area contributed by atoms with Crippen LogP contribution in [0.5, 0.6) is 0 Å². The van der Waals surface area contributed by atoms with E-state index in [-0.39, 0.29) is 30.2 Å². The van der Waals surface area contributed by atoms with Crippen molar-refractivity contribution in [1.29, 1.82) is 0 Å². The van der Waals surface area contributed by atoms with E-state index in [9.17, 15) is 18.0 Å². The molecule has 0 aliphatic carbocycles. The summed E-state index contributed by atoms with van der Waals surface area (Å²) >= 11 is 0. The maximum absolute atomic E-state index is 13.7. The number of piperidine rings is 1. The number of aryl methyl sites for hydroxylation is 1. The van der Waals surface area contributed by atoms with Gasteiger partial charge in [0.1, 0.15) is 5.82 Å². The van der Waals surface area contributed by atoms with Gasteiger partial charge in [-0.25, -0.2) is 4.68 Å². The molecule has 31 heavy (non-hydrogen) atoms. The minimum atomic E-state index is -4.34. The van der Waals surface area contributed by atoms with Crippen LogP contribution in [0, 0.1) is 12.8 Å². The second kappa shape index (κ2) is 7.87. The molecule has 0 spiro atoms. The minimum absolute atomic E-state index is 0.0211. The maximum atomic E-state index is 13.7. The monoisotopic (exact) mass is 438 g/mol. The van der Waals surface area contributed by atoms with Gasteiger partial charge in [-0.05, 0) is 32.1 Å². The van der Waals surface area contributed by atoms with Crippen LogP contribution in [0.2, 0.25) is 0 Å². The Balaban J connectivity index is 1.49. The number of amides is 1. The average molecular weight is 438 g/mol. The summed E-state index contributed by atoms with van der Waals surface area (Å²) in [5.74, 6) is 0.506. The van der Waals surface area contributed by atoms with Gasteiger partial charge < -0.3 is 10.2 Å². The van der Waals surface area contributed by atoms with Crippen molar-refractivity contribution in [3.8, 4) is 0 Å². The molecule has 1 fully saturated rings. The minimum Gasteiger partial charge on any atom is -0.367 e. The highest BCUT2D eigenvalue weighted by atomic mass is 19.4. The van der Waals surface area contributed by atoms with E-state index in [2.05, 4.69) is 15.5 Å². The lowest BCUT2D eigenvalue weighted by Gasteiger charge is -2.35. The van der Waals surface area contributed by atoms with E-state index in [1.807, 2.05) is 20.8 Å². The fraction of sp³-hybridized carbons (Fsp3) is 0.667. The van der Waals surface area contributed by atoms with Crippen molar-refractivity contribution in [1.82, 2.24) is 24.5 Å². The smallest absolute Gasteiger partial charge is 0.367 e. The molecule has 0 bridgehead atoms. The van der Waals surface area contributed by atoms with Crippen LogP contribution in [-0.2, 0) is 7.05 Å². The lowest BCUT2D eigenvalue weighted by molar-refractivity contribution is -0.174. The third-order valence-electron chi connectivity index (χ3n) is 6.71. The number of hydrogen-bond donors (Lipinski definition) is 1. The van der Waals surface area contributed by atoms with Crippen LogP contribution in [0.1, 0.15) is 66.8 Å². The molecule has 2 aliphatic rings. The molecule has 4 heterocycles. The zero-order valence-corrected chi connectivity index (χ0v) is 18.3. The van der Waals surface area contributed by atoms with E-state index in [1.165, 1.54) is 0 Å². The Labute approximate surface area is 179 Å². The van der Waals surface area contributed by atoms with E-state index in [1.54, 1.807) is 28.9 Å². The lowest BCUT2D eigenvalue weighted by Crippen LogP contribution is -2.41. The molecular formula is C21H29F3N6O. The Kier molecular flexibility index (Phi) is 5.51. The molecule has 0 aromatic carbocycles. The van der Waals surface area contributed by atoms with Gasteiger partial charge in [0.15, 0.2) is 6.04 Å². The molecule has 1 saturated heterocycles. The normalized spacial score (nSPS) is 22.5. The number of rotatable bonds is 3. The van der Waals surface area contributed by atoms with Gasteiger partial charge >= 0.3 is 6.18 Å². The molecule has 4 rings (SSSR count). The van der Waals surface area contributed by atoms with Crippen molar-refractivity contribution in [3.05, 3.63) is 29.2 Å². The number of anilines is 1. The summed E-state index contributed by atoms with van der Waals surface area (Å²) in [6.45, 7) is 6.80. The first-order chi connectivity index (χ1) is 14.6. The van der Waals surface area contributed by atoms with Gasteiger partial charge in [-0.15, -0.1) is 0 Å². The Morgan fingerprint density at radius 2 is 1.94 bits per heavy atom. The van der Waals surface area contributed by atoms with Gasteiger partial charge in [0.2, 0.25) is 0 Å². The van der Waals surface area contributed by atoms with Crippen molar-refractivity contribution >= 4 is 11.7 Å². The van der Waals surface area contributed by atoms with E-state index < -0.39 is 12.2 Å². The fourth-order valence-electron chi connectivity index (χ4n) is 4.52. The molecule has 0 radical (unpaired) electrons. The zero-order valence-electron chi connectivity index (χ0n) is 18.3. The van der Waals surface area contributed by atoms with Gasteiger partial charge in [0, 0.05) is 43.9 Å². The number of carbonyl (C=O) groups excluding carboxylic acids is 1. The number of carbonyl (C=O) groups is 1. The predicted molar refractivity (Wildman–Crippen MR) is 110 cm³/mol. The SMILES string of the molecule is Cc1c(C(=O)N2CCC(c3cc4n(n3)[C@@H](C(F)(F)F)C[C@@H](C(C)C)N4)CC2)cnn1C. The fourth-order valence-corrected chi connectivity index (χ4v) is 4.52. The highest BCUT2D eigenvalue weighted by Crippen LogP contribution is 2.42. The number of alkyl halides is 3. The second-order valence-corrected chi connectivity index (χ2v) is 9.02. The highest BCUT2D eigenvalue weighted by Gasteiger charge is 2.47. The highest BCUT2D eigenvalue weighted by molar-refractivity contribution is 5.95. The van der Waals surface area contributed by atoms with Crippen LogP contribution in [-0.4, -0.2) is 55.7 Å². The molecule has 2 atom stereocenters. The van der Waals surface area contributed by atoms with Crippen LogP contribution < -0.4 is 5.32 Å². The number of nitrogens with one attached hydrogen (secondary N) is 1. The van der Waals surface area contributed by atoms with Crippen LogP contribution in [0.15, 0.2) is 12.3 Å². The summed E-state index contributed by atoms with van der Waals surface area (Å²) in [5.41, 5.74) is 2.08. The van der Waals surface area contributed by atoms with Crippen molar-refractivity contribution < 1.29 is 18.0 Å². The first kappa shape index (κ1) is 21.7. The molecule has 2 aromatic rings. The van der Waals surface area contributed by atoms with Crippen LogP contribution in [0.4, 0.5) is 19.0 Å². The van der Waals surface area contributed by atoms with Gasteiger partial charge in [0.25, 0.3) is 5.91 Å². The summed E-state index contributed by atoms with van der Waals surface area (Å²) in [4.78, 5) is 14.6. The molecule has 2 aliphatic heterocycles. The van der Waals surface area contributed by atoms with Crippen LogP contribution in [0.25, 0.3) is 0 Å². The van der Waals surface area contributed by atoms with E-state index in [4.69, 9.17) is 0 Å². The van der Waals surface area contributed by atoms with Crippen molar-refractivity contribution in [2.24, 2.45) is 13.0 Å². The Bertz CT molecular complexity index is 955. The molecule has 0 unspecified atom stereocenters. The molecule has 170 valence electrons. The molecule has 10 heteroatoms. The zero-order chi connectivity index (χ0) is 22.5. The quantitative estimate of drug-likeness (QED) is 0.790. The maximum Gasteiger partial charge on any atom is 0.410 e. The van der Waals surface area contributed by atoms with Crippen molar-refractivity contribution in [2.75, 3.05) is 18.4 Å². The average Bonchev–Trinajstić information content (AvgIpc) is 3.29. The van der Waals surface area contributed by atoms with Crippen LogP contribution in [0.3, 0.4) is 0 Å². The summed E-state index contributed by atoms with van der Waals surface area (Å²) < 4.78 is 43.9. The third-order valence-corrected chi connectivity index (χ3v) is 6.71. The third kappa shape index (κ3) is 4.04. The Morgan fingerprint density at radius 1 is 1.26 bits per heavy atom. The number of likely N-dealkylation sites (tertiary alicyclic amines) is 1. The second-order valence-electron chi connectivity index (χ2n) is 9.02. The molecule has 1 N–H and O–H groups in total. The Morgan fingerprint density at radius 3 is 2.48 bits per heavy atom. The van der Waals surface area contributed by atoms with E-state index in [0.717, 1.165) is 10.4 Å². The van der Waals surface area contributed by atoms with Gasteiger partial charge in [-0.3, -0.25) is 9.48 Å². The van der Waals surface area contributed by atoms with Crippen molar-refractivity contribution in [2.45, 2.75) is 64.2 Å². The molecule has 1 amide bonds. The van der Waals surface area contributed by atoms with E-state index in [0.29, 0.717) is 43.0 Å². The van der Waals surface area contributed by atoms with Crippen molar-refractivity contribution in [3.63, 3.8) is 0 Å². The van der Waals surface area contributed by atoms with Gasteiger partial charge in [-0.2, -0.15) is 23.4 Å². The summed E-state index contributed by atoms with van der Waals surface area (Å²) in [7, 11) is 1.80. The van der Waals surface area contributed by atoms with Gasteiger partial charge in [-0.1, -0.05) is 13.8 Å². The van der Waals surface area contributed by atoms with E-state index >= 15 is 0 Å². The molecule has 2 aromatic heterocycles. The van der Waals surface area contributed by atoms with Gasteiger partial charge in [0.05, 0.1) is 17.5 Å². The largest absolute Gasteiger partial charge is 0.410 e. The predicted octanol–water partition coefficient (Wildman–Crippen LogP) is 3.89.